The Bertz CT molecular complexity index is 746. The lowest BCUT2D eigenvalue weighted by atomic mass is 10.1. The van der Waals surface area contributed by atoms with Crippen molar-refractivity contribution in [3.05, 3.63) is 60.0 Å². The molecule has 1 aromatic carbocycles. The molecule has 0 aliphatic carbocycles. The second-order valence-corrected chi connectivity index (χ2v) is 4.57. The maximum atomic E-state index is 12.0. The van der Waals surface area contributed by atoms with Crippen LogP contribution in [-0.4, -0.2) is 20.8 Å². The minimum atomic E-state index is -0.276. The van der Waals surface area contributed by atoms with Gasteiger partial charge < -0.3 is 9.84 Å². The van der Waals surface area contributed by atoms with Crippen LogP contribution in [0.15, 0.2) is 53.2 Å². The first-order valence-corrected chi connectivity index (χ1v) is 6.51. The summed E-state index contributed by atoms with van der Waals surface area (Å²) >= 11 is 0. The zero-order valence-corrected chi connectivity index (χ0v) is 11.5. The monoisotopic (exact) mass is 282 g/mol. The Hall–Kier alpha value is -2.89. The number of aromatic nitrogens is 3. The van der Waals surface area contributed by atoms with Gasteiger partial charge in [-0.3, -0.25) is 9.48 Å². The first-order chi connectivity index (χ1) is 10.2. The second-order valence-electron chi connectivity index (χ2n) is 4.57. The predicted molar refractivity (Wildman–Crippen MR) is 76.3 cm³/mol. The minimum Gasteiger partial charge on any atom is -0.355 e. The van der Waals surface area contributed by atoms with Crippen molar-refractivity contribution in [2.24, 2.45) is 7.05 Å². The summed E-state index contributed by atoms with van der Waals surface area (Å²) in [4.78, 5) is 12.0. The van der Waals surface area contributed by atoms with Crippen LogP contribution in [0.4, 0.5) is 0 Å². The number of hydrogen-bond acceptors (Lipinski definition) is 4. The Labute approximate surface area is 121 Å². The quantitative estimate of drug-likeness (QED) is 0.794. The van der Waals surface area contributed by atoms with Crippen LogP contribution in [0.2, 0.25) is 0 Å². The van der Waals surface area contributed by atoms with E-state index in [1.54, 1.807) is 16.9 Å². The Morgan fingerprint density at radius 1 is 1.29 bits per heavy atom. The summed E-state index contributed by atoms with van der Waals surface area (Å²) < 4.78 is 6.91. The number of rotatable bonds is 4. The highest BCUT2D eigenvalue weighted by Crippen LogP contribution is 2.19. The van der Waals surface area contributed by atoms with Crippen LogP contribution in [0.3, 0.4) is 0 Å². The van der Waals surface area contributed by atoms with Gasteiger partial charge in [0.05, 0.1) is 12.2 Å². The van der Waals surface area contributed by atoms with Crippen molar-refractivity contribution in [3.63, 3.8) is 0 Å². The SMILES string of the molecule is Cn1nccc1CNC(=O)c1cc(-c2ccccc2)on1. The van der Waals surface area contributed by atoms with Crippen molar-refractivity contribution in [3.8, 4) is 11.3 Å². The number of aryl methyl sites for hydroxylation is 1. The topological polar surface area (TPSA) is 73.0 Å². The summed E-state index contributed by atoms with van der Waals surface area (Å²) in [7, 11) is 1.82. The maximum absolute atomic E-state index is 12.0. The number of carbonyl (C=O) groups is 1. The molecular formula is C15H14N4O2. The minimum absolute atomic E-state index is 0.260. The average molecular weight is 282 g/mol. The molecule has 0 radical (unpaired) electrons. The highest BCUT2D eigenvalue weighted by molar-refractivity contribution is 5.93. The molecule has 1 N–H and O–H groups in total. The van der Waals surface area contributed by atoms with Gasteiger partial charge in [-0.1, -0.05) is 35.5 Å². The van der Waals surface area contributed by atoms with Crippen molar-refractivity contribution in [2.75, 3.05) is 0 Å². The molecule has 0 spiro atoms. The van der Waals surface area contributed by atoms with Gasteiger partial charge in [0.2, 0.25) is 0 Å². The van der Waals surface area contributed by atoms with Gasteiger partial charge >= 0.3 is 0 Å². The highest BCUT2D eigenvalue weighted by Gasteiger charge is 2.13. The number of carbonyl (C=O) groups excluding carboxylic acids is 1. The molecule has 0 aliphatic heterocycles. The van der Waals surface area contributed by atoms with Crippen LogP contribution in [0.5, 0.6) is 0 Å². The summed E-state index contributed by atoms with van der Waals surface area (Å²) in [6.45, 7) is 0.392. The van der Waals surface area contributed by atoms with E-state index in [1.165, 1.54) is 0 Å². The molecule has 3 aromatic rings. The van der Waals surface area contributed by atoms with E-state index in [9.17, 15) is 4.79 Å². The third kappa shape index (κ3) is 2.84. The molecule has 0 saturated heterocycles. The molecule has 106 valence electrons. The van der Waals surface area contributed by atoms with Crippen molar-refractivity contribution < 1.29 is 9.32 Å². The fourth-order valence-corrected chi connectivity index (χ4v) is 1.96. The van der Waals surface area contributed by atoms with Crippen molar-refractivity contribution in [1.82, 2.24) is 20.3 Å². The zero-order chi connectivity index (χ0) is 14.7. The Morgan fingerprint density at radius 2 is 2.10 bits per heavy atom. The van der Waals surface area contributed by atoms with Crippen LogP contribution < -0.4 is 5.32 Å². The normalized spacial score (nSPS) is 10.5. The number of nitrogens with one attached hydrogen (secondary N) is 1. The maximum Gasteiger partial charge on any atom is 0.273 e. The fraction of sp³-hybridized carbons (Fsp3) is 0.133. The molecule has 3 rings (SSSR count). The largest absolute Gasteiger partial charge is 0.355 e. The molecule has 1 amide bonds. The molecule has 2 heterocycles. The van der Waals surface area contributed by atoms with Crippen molar-refractivity contribution in [1.29, 1.82) is 0 Å². The molecule has 0 bridgehead atoms. The third-order valence-corrected chi connectivity index (χ3v) is 3.15. The second kappa shape index (κ2) is 5.62. The van der Waals surface area contributed by atoms with E-state index >= 15 is 0 Å². The first-order valence-electron chi connectivity index (χ1n) is 6.51. The van der Waals surface area contributed by atoms with E-state index in [4.69, 9.17) is 4.52 Å². The number of benzene rings is 1. The van der Waals surface area contributed by atoms with Gasteiger partial charge in [-0.2, -0.15) is 5.10 Å². The summed E-state index contributed by atoms with van der Waals surface area (Å²) in [5, 5.41) is 10.6. The Morgan fingerprint density at radius 3 is 2.81 bits per heavy atom. The number of hydrogen-bond donors (Lipinski definition) is 1. The van der Waals surface area contributed by atoms with E-state index in [1.807, 2.05) is 43.4 Å². The van der Waals surface area contributed by atoms with Crippen molar-refractivity contribution in [2.45, 2.75) is 6.54 Å². The lowest BCUT2D eigenvalue weighted by molar-refractivity contribution is 0.0941. The molecule has 2 aromatic heterocycles. The van der Waals surface area contributed by atoms with E-state index in [0.717, 1.165) is 11.3 Å². The molecule has 0 saturated carbocycles. The standard InChI is InChI=1S/C15H14N4O2/c1-19-12(7-8-17-19)10-16-15(20)13-9-14(21-18-13)11-5-3-2-4-6-11/h2-9H,10H2,1H3,(H,16,20). The van der Waals surface area contributed by atoms with Crippen LogP contribution in [0, 0.1) is 0 Å². The number of nitrogens with zero attached hydrogens (tertiary/aromatic N) is 3. The molecule has 21 heavy (non-hydrogen) atoms. The van der Waals surface area contributed by atoms with Gasteiger partial charge in [-0.15, -0.1) is 0 Å². The Balaban J connectivity index is 1.69. The van der Waals surface area contributed by atoms with Gasteiger partial charge in [0.1, 0.15) is 0 Å². The molecule has 0 fully saturated rings. The van der Waals surface area contributed by atoms with Crippen molar-refractivity contribution >= 4 is 5.91 Å². The smallest absolute Gasteiger partial charge is 0.273 e. The summed E-state index contributed by atoms with van der Waals surface area (Å²) in [5.41, 5.74) is 2.06. The lowest BCUT2D eigenvalue weighted by Crippen LogP contribution is -2.24. The third-order valence-electron chi connectivity index (χ3n) is 3.15. The van der Waals surface area contributed by atoms with Gasteiger partial charge in [0, 0.05) is 24.9 Å². The molecule has 0 aliphatic rings. The van der Waals surface area contributed by atoms with Gasteiger partial charge in [-0.25, -0.2) is 0 Å². The van der Waals surface area contributed by atoms with Gasteiger partial charge in [0.25, 0.3) is 5.91 Å². The fourth-order valence-electron chi connectivity index (χ4n) is 1.96. The van der Waals surface area contributed by atoms with Crippen LogP contribution in [0.25, 0.3) is 11.3 Å². The molecular weight excluding hydrogens is 268 g/mol. The van der Waals surface area contributed by atoms with Gasteiger partial charge in [-0.05, 0) is 6.07 Å². The molecule has 6 heteroatoms. The summed E-state index contributed by atoms with van der Waals surface area (Å²) in [6, 6.07) is 13.0. The van der Waals surface area contributed by atoms with Gasteiger partial charge in [0.15, 0.2) is 11.5 Å². The van der Waals surface area contributed by atoms with Crippen LogP contribution in [0.1, 0.15) is 16.2 Å². The molecule has 6 nitrogen and oxygen atoms in total. The van der Waals surface area contributed by atoms with Crippen LogP contribution >= 0.6 is 0 Å². The van der Waals surface area contributed by atoms with E-state index < -0.39 is 0 Å². The van der Waals surface area contributed by atoms with E-state index in [2.05, 4.69) is 15.6 Å². The number of amides is 1. The first kappa shape index (κ1) is 13.1. The molecule has 0 unspecified atom stereocenters. The summed E-state index contributed by atoms with van der Waals surface area (Å²) in [5.74, 6) is 0.295. The average Bonchev–Trinajstić information content (AvgIpc) is 3.15. The van der Waals surface area contributed by atoms with Crippen LogP contribution in [-0.2, 0) is 13.6 Å². The predicted octanol–water partition coefficient (Wildman–Crippen LogP) is 2.01. The molecule has 0 atom stereocenters. The zero-order valence-electron chi connectivity index (χ0n) is 11.5. The van der Waals surface area contributed by atoms with E-state index in [0.29, 0.717) is 12.3 Å². The Kier molecular flexibility index (Phi) is 3.51. The highest BCUT2D eigenvalue weighted by atomic mass is 16.5. The van der Waals surface area contributed by atoms with E-state index in [-0.39, 0.29) is 11.6 Å². The lowest BCUT2D eigenvalue weighted by Gasteiger charge is -2.02. The summed E-state index contributed by atoms with van der Waals surface area (Å²) in [6.07, 6.45) is 1.69.